The molecule has 0 aromatic rings. The summed E-state index contributed by atoms with van der Waals surface area (Å²) < 4.78 is 0. The molecule has 0 radical (unpaired) electrons. The second-order valence-electron chi connectivity index (χ2n) is 5.58. The fourth-order valence-corrected chi connectivity index (χ4v) is 2.86. The van der Waals surface area contributed by atoms with E-state index in [4.69, 9.17) is 0 Å². The molecule has 0 aromatic carbocycles. The van der Waals surface area contributed by atoms with Crippen LogP contribution >= 0.6 is 0 Å². The third kappa shape index (κ3) is 5.87. The lowest BCUT2D eigenvalue weighted by Crippen LogP contribution is -2.40. The Morgan fingerprint density at radius 3 is 2.76 bits per heavy atom. The number of unbranched alkanes of at least 4 members (excludes halogenated alkanes) is 3. The van der Waals surface area contributed by atoms with Crippen molar-refractivity contribution in [1.82, 2.24) is 10.2 Å². The Bertz CT molecular complexity index is 182. The van der Waals surface area contributed by atoms with Gasteiger partial charge in [0.25, 0.3) is 0 Å². The first-order chi connectivity index (χ1) is 8.27. The molecule has 2 heteroatoms. The summed E-state index contributed by atoms with van der Waals surface area (Å²) in [6.45, 7) is 10.6. The van der Waals surface area contributed by atoms with Gasteiger partial charge in [-0.05, 0) is 39.3 Å². The van der Waals surface area contributed by atoms with E-state index in [1.165, 1.54) is 64.6 Å². The van der Waals surface area contributed by atoms with E-state index in [1.54, 1.807) is 0 Å². The Morgan fingerprint density at radius 1 is 1.24 bits per heavy atom. The maximum absolute atomic E-state index is 3.72. The minimum atomic E-state index is 0.700. The lowest BCUT2D eigenvalue weighted by molar-refractivity contribution is 0.253. The highest BCUT2D eigenvalue weighted by molar-refractivity contribution is 4.80. The van der Waals surface area contributed by atoms with Crippen molar-refractivity contribution in [2.45, 2.75) is 77.8 Å². The zero-order chi connectivity index (χ0) is 12.5. The first kappa shape index (κ1) is 15.0. The van der Waals surface area contributed by atoms with Crippen LogP contribution in [0, 0.1) is 0 Å². The number of rotatable bonds is 9. The average Bonchev–Trinajstić information content (AvgIpc) is 2.79. The summed E-state index contributed by atoms with van der Waals surface area (Å²) in [4.78, 5) is 2.62. The predicted molar refractivity (Wildman–Crippen MR) is 76.5 cm³/mol. The van der Waals surface area contributed by atoms with Crippen LogP contribution in [0.3, 0.4) is 0 Å². The van der Waals surface area contributed by atoms with Crippen molar-refractivity contribution in [3.8, 4) is 0 Å². The van der Waals surface area contributed by atoms with E-state index in [2.05, 4.69) is 31.0 Å². The zero-order valence-electron chi connectivity index (χ0n) is 12.2. The van der Waals surface area contributed by atoms with Crippen LogP contribution in [0.4, 0.5) is 0 Å². The summed E-state index contributed by atoms with van der Waals surface area (Å²) in [7, 11) is 0. The fraction of sp³-hybridized carbons (Fsp3) is 1.00. The largest absolute Gasteiger partial charge is 0.313 e. The van der Waals surface area contributed by atoms with Gasteiger partial charge in [-0.3, -0.25) is 4.90 Å². The van der Waals surface area contributed by atoms with Gasteiger partial charge in [0.05, 0.1) is 0 Å². The van der Waals surface area contributed by atoms with Crippen molar-refractivity contribution in [2.75, 3.05) is 19.6 Å². The first-order valence-corrected chi connectivity index (χ1v) is 7.75. The maximum atomic E-state index is 3.72. The quantitative estimate of drug-likeness (QED) is 0.621. The highest BCUT2D eigenvalue weighted by atomic mass is 15.2. The molecule has 1 aliphatic rings. The standard InChI is InChI=1S/C15H32N2/c1-4-6-7-8-10-14(3)16-13-15-11-9-12-17(15)5-2/h14-16H,4-13H2,1-3H3. The SMILES string of the molecule is CCCCCCC(C)NCC1CCCN1CC. The summed E-state index contributed by atoms with van der Waals surface area (Å²) in [5.74, 6) is 0. The molecule has 0 aromatic heterocycles. The molecule has 102 valence electrons. The van der Waals surface area contributed by atoms with Crippen LogP contribution in [0.5, 0.6) is 0 Å². The normalized spacial score (nSPS) is 23.1. The second kappa shape index (κ2) is 8.93. The topological polar surface area (TPSA) is 15.3 Å². The van der Waals surface area contributed by atoms with Gasteiger partial charge in [-0.25, -0.2) is 0 Å². The van der Waals surface area contributed by atoms with Crippen molar-refractivity contribution in [1.29, 1.82) is 0 Å². The van der Waals surface area contributed by atoms with E-state index in [0.29, 0.717) is 6.04 Å². The van der Waals surface area contributed by atoms with Crippen molar-refractivity contribution in [2.24, 2.45) is 0 Å². The molecule has 1 saturated heterocycles. The summed E-state index contributed by atoms with van der Waals surface area (Å²) >= 11 is 0. The minimum absolute atomic E-state index is 0.700. The molecule has 0 bridgehead atoms. The van der Waals surface area contributed by atoms with Gasteiger partial charge >= 0.3 is 0 Å². The Labute approximate surface area is 108 Å². The first-order valence-electron chi connectivity index (χ1n) is 7.75. The molecule has 0 amide bonds. The van der Waals surface area contributed by atoms with Gasteiger partial charge in [0, 0.05) is 18.6 Å². The Morgan fingerprint density at radius 2 is 2.06 bits per heavy atom. The molecule has 0 spiro atoms. The summed E-state index contributed by atoms with van der Waals surface area (Å²) in [6.07, 6.45) is 9.68. The monoisotopic (exact) mass is 240 g/mol. The van der Waals surface area contributed by atoms with Crippen LogP contribution in [-0.4, -0.2) is 36.6 Å². The summed E-state index contributed by atoms with van der Waals surface area (Å²) in [5, 5.41) is 3.72. The Balaban J connectivity index is 2.04. The van der Waals surface area contributed by atoms with Gasteiger partial charge in [0.1, 0.15) is 0 Å². The minimum Gasteiger partial charge on any atom is -0.313 e. The lowest BCUT2D eigenvalue weighted by atomic mass is 10.1. The third-order valence-corrected chi connectivity index (χ3v) is 4.10. The number of nitrogens with one attached hydrogen (secondary N) is 1. The number of nitrogens with zero attached hydrogens (tertiary/aromatic N) is 1. The number of hydrogen-bond acceptors (Lipinski definition) is 2. The maximum Gasteiger partial charge on any atom is 0.0221 e. The number of hydrogen-bond donors (Lipinski definition) is 1. The highest BCUT2D eigenvalue weighted by Gasteiger charge is 2.22. The van der Waals surface area contributed by atoms with E-state index in [9.17, 15) is 0 Å². The summed E-state index contributed by atoms with van der Waals surface area (Å²) in [6, 6.07) is 1.50. The molecule has 1 N–H and O–H groups in total. The van der Waals surface area contributed by atoms with Crippen LogP contribution in [0.15, 0.2) is 0 Å². The molecular formula is C15H32N2. The van der Waals surface area contributed by atoms with Gasteiger partial charge in [-0.2, -0.15) is 0 Å². The Hall–Kier alpha value is -0.0800. The van der Waals surface area contributed by atoms with E-state index >= 15 is 0 Å². The molecule has 1 heterocycles. The summed E-state index contributed by atoms with van der Waals surface area (Å²) in [5.41, 5.74) is 0. The van der Waals surface area contributed by atoms with Gasteiger partial charge in [-0.15, -0.1) is 0 Å². The number of likely N-dealkylation sites (N-methyl/N-ethyl adjacent to an activating group) is 1. The Kier molecular flexibility index (Phi) is 7.87. The molecule has 1 aliphatic heterocycles. The molecule has 0 saturated carbocycles. The van der Waals surface area contributed by atoms with Gasteiger partial charge in [0.15, 0.2) is 0 Å². The van der Waals surface area contributed by atoms with E-state index in [1.807, 2.05) is 0 Å². The van der Waals surface area contributed by atoms with Crippen molar-refractivity contribution in [3.63, 3.8) is 0 Å². The van der Waals surface area contributed by atoms with Crippen LogP contribution in [0.25, 0.3) is 0 Å². The van der Waals surface area contributed by atoms with Crippen LogP contribution in [0.1, 0.15) is 65.7 Å². The van der Waals surface area contributed by atoms with E-state index in [-0.39, 0.29) is 0 Å². The van der Waals surface area contributed by atoms with Crippen LogP contribution < -0.4 is 5.32 Å². The number of likely N-dealkylation sites (tertiary alicyclic amines) is 1. The van der Waals surface area contributed by atoms with Crippen molar-refractivity contribution < 1.29 is 0 Å². The van der Waals surface area contributed by atoms with Gasteiger partial charge in [-0.1, -0.05) is 39.5 Å². The molecule has 2 unspecified atom stereocenters. The van der Waals surface area contributed by atoms with Crippen molar-refractivity contribution in [3.05, 3.63) is 0 Å². The van der Waals surface area contributed by atoms with Gasteiger partial charge in [0.2, 0.25) is 0 Å². The second-order valence-corrected chi connectivity index (χ2v) is 5.58. The lowest BCUT2D eigenvalue weighted by Gasteiger charge is -2.25. The molecule has 1 fully saturated rings. The molecule has 17 heavy (non-hydrogen) atoms. The average molecular weight is 240 g/mol. The highest BCUT2D eigenvalue weighted by Crippen LogP contribution is 2.16. The van der Waals surface area contributed by atoms with Crippen molar-refractivity contribution >= 4 is 0 Å². The van der Waals surface area contributed by atoms with Crippen LogP contribution in [0.2, 0.25) is 0 Å². The molecular weight excluding hydrogens is 208 g/mol. The fourth-order valence-electron chi connectivity index (χ4n) is 2.86. The molecule has 1 rings (SSSR count). The van der Waals surface area contributed by atoms with Gasteiger partial charge < -0.3 is 5.32 Å². The molecule has 2 atom stereocenters. The molecule has 2 nitrogen and oxygen atoms in total. The smallest absolute Gasteiger partial charge is 0.0221 e. The van der Waals surface area contributed by atoms with E-state index in [0.717, 1.165) is 6.04 Å². The molecule has 0 aliphatic carbocycles. The predicted octanol–water partition coefficient (Wildman–Crippen LogP) is 3.42. The third-order valence-electron chi connectivity index (χ3n) is 4.10. The van der Waals surface area contributed by atoms with E-state index < -0.39 is 0 Å². The van der Waals surface area contributed by atoms with Crippen LogP contribution in [-0.2, 0) is 0 Å². The zero-order valence-corrected chi connectivity index (χ0v) is 12.2.